The molecule has 0 aliphatic carbocycles. The highest BCUT2D eigenvalue weighted by molar-refractivity contribution is 5.90. The fourth-order valence-electron chi connectivity index (χ4n) is 2.01. The van der Waals surface area contributed by atoms with E-state index in [0.717, 1.165) is 22.4 Å². The minimum Gasteiger partial charge on any atom is -0.479 e. The monoisotopic (exact) mass is 251 g/mol. The molecule has 0 saturated carbocycles. The molecule has 0 bridgehead atoms. The van der Waals surface area contributed by atoms with E-state index in [1.54, 1.807) is 7.05 Å². The standard InChI is InChI=1S/C13H17NO4/c1-8-5-9(2)12(10(3)6-8)14(4)13(17)18-7-11(15)16/h5-6H,7H2,1-4H3,(H,15,16). The van der Waals surface area contributed by atoms with Crippen molar-refractivity contribution in [2.75, 3.05) is 18.6 Å². The van der Waals surface area contributed by atoms with Crippen LogP contribution in [-0.2, 0) is 9.53 Å². The van der Waals surface area contributed by atoms with E-state index in [4.69, 9.17) is 5.11 Å². The van der Waals surface area contributed by atoms with Gasteiger partial charge in [0.1, 0.15) is 0 Å². The average molecular weight is 251 g/mol. The van der Waals surface area contributed by atoms with Gasteiger partial charge >= 0.3 is 12.1 Å². The van der Waals surface area contributed by atoms with Crippen LogP contribution in [0.15, 0.2) is 12.1 Å². The summed E-state index contributed by atoms with van der Waals surface area (Å²) in [6, 6.07) is 3.92. The topological polar surface area (TPSA) is 66.8 Å². The first kappa shape index (κ1) is 14.0. The van der Waals surface area contributed by atoms with Crippen LogP contribution in [0.4, 0.5) is 10.5 Å². The van der Waals surface area contributed by atoms with Crippen molar-refractivity contribution in [3.63, 3.8) is 0 Å². The molecule has 0 radical (unpaired) electrons. The summed E-state index contributed by atoms with van der Waals surface area (Å²) in [6.07, 6.45) is -0.674. The molecule has 0 spiro atoms. The van der Waals surface area contributed by atoms with E-state index in [9.17, 15) is 9.59 Å². The van der Waals surface area contributed by atoms with Crippen LogP contribution in [0, 0.1) is 20.8 Å². The van der Waals surface area contributed by atoms with Crippen molar-refractivity contribution in [1.29, 1.82) is 0 Å². The van der Waals surface area contributed by atoms with Gasteiger partial charge in [-0.2, -0.15) is 0 Å². The van der Waals surface area contributed by atoms with E-state index in [1.165, 1.54) is 4.90 Å². The number of aryl methyl sites for hydroxylation is 3. The van der Waals surface area contributed by atoms with Gasteiger partial charge in [-0.15, -0.1) is 0 Å². The van der Waals surface area contributed by atoms with E-state index in [2.05, 4.69) is 4.74 Å². The molecule has 5 nitrogen and oxygen atoms in total. The Bertz CT molecular complexity index is 459. The Morgan fingerprint density at radius 2 is 1.72 bits per heavy atom. The molecule has 98 valence electrons. The lowest BCUT2D eigenvalue weighted by atomic mass is 10.0. The number of nitrogens with zero attached hydrogens (tertiary/aromatic N) is 1. The smallest absolute Gasteiger partial charge is 0.414 e. The Kier molecular flexibility index (Phi) is 4.31. The maximum Gasteiger partial charge on any atom is 0.414 e. The SMILES string of the molecule is Cc1cc(C)c(N(C)C(=O)OCC(=O)O)c(C)c1. The molecule has 0 aromatic heterocycles. The largest absolute Gasteiger partial charge is 0.479 e. The maximum absolute atomic E-state index is 11.7. The number of carbonyl (C=O) groups is 2. The van der Waals surface area contributed by atoms with Gasteiger partial charge in [-0.3, -0.25) is 4.90 Å². The van der Waals surface area contributed by atoms with E-state index in [-0.39, 0.29) is 0 Å². The third-order valence-corrected chi connectivity index (χ3v) is 2.56. The molecule has 0 heterocycles. The zero-order valence-corrected chi connectivity index (χ0v) is 11.0. The second-order valence-corrected chi connectivity index (χ2v) is 4.25. The van der Waals surface area contributed by atoms with Crippen molar-refractivity contribution in [2.24, 2.45) is 0 Å². The molecule has 0 atom stereocenters. The molecule has 0 aliphatic heterocycles. The van der Waals surface area contributed by atoms with Crippen molar-refractivity contribution < 1.29 is 19.4 Å². The minimum atomic E-state index is -1.17. The molecule has 1 aromatic carbocycles. The first-order valence-electron chi connectivity index (χ1n) is 5.53. The Hall–Kier alpha value is -2.04. The van der Waals surface area contributed by atoms with Crippen LogP contribution in [0.1, 0.15) is 16.7 Å². The predicted molar refractivity (Wildman–Crippen MR) is 68.0 cm³/mol. The van der Waals surface area contributed by atoms with Crippen LogP contribution < -0.4 is 4.90 Å². The number of amides is 1. The third kappa shape index (κ3) is 3.23. The van der Waals surface area contributed by atoms with E-state index in [0.29, 0.717) is 0 Å². The summed E-state index contributed by atoms with van der Waals surface area (Å²) in [4.78, 5) is 23.3. The molecule has 1 aromatic rings. The van der Waals surface area contributed by atoms with Crippen LogP contribution in [0.3, 0.4) is 0 Å². The number of benzene rings is 1. The Labute approximate surface area is 106 Å². The molecule has 0 saturated heterocycles. The lowest BCUT2D eigenvalue weighted by molar-refractivity contribution is -0.140. The number of carboxylic acid groups (broad SMARTS) is 1. The summed E-state index contributed by atoms with van der Waals surface area (Å²) in [6.45, 7) is 5.15. The van der Waals surface area contributed by atoms with E-state index < -0.39 is 18.7 Å². The quantitative estimate of drug-likeness (QED) is 0.894. The van der Waals surface area contributed by atoms with Gasteiger partial charge in [0.2, 0.25) is 0 Å². The van der Waals surface area contributed by atoms with Crippen LogP contribution in [0.5, 0.6) is 0 Å². The average Bonchev–Trinajstić information content (AvgIpc) is 2.24. The molecule has 0 fully saturated rings. The van der Waals surface area contributed by atoms with Gasteiger partial charge in [0.15, 0.2) is 6.61 Å². The van der Waals surface area contributed by atoms with Crippen LogP contribution in [0.2, 0.25) is 0 Å². The van der Waals surface area contributed by atoms with Gasteiger partial charge in [0.25, 0.3) is 0 Å². The van der Waals surface area contributed by atoms with Gasteiger partial charge in [0.05, 0.1) is 5.69 Å². The van der Waals surface area contributed by atoms with Crippen molar-refractivity contribution in [3.05, 3.63) is 28.8 Å². The second-order valence-electron chi connectivity index (χ2n) is 4.25. The molecule has 18 heavy (non-hydrogen) atoms. The van der Waals surface area contributed by atoms with Crippen molar-refractivity contribution in [2.45, 2.75) is 20.8 Å². The number of aliphatic carboxylic acids is 1. The highest BCUT2D eigenvalue weighted by Crippen LogP contribution is 2.25. The number of carbonyl (C=O) groups excluding carboxylic acids is 1. The summed E-state index contributed by atoms with van der Waals surface area (Å²) >= 11 is 0. The molecule has 1 N–H and O–H groups in total. The number of hydrogen-bond acceptors (Lipinski definition) is 3. The molecule has 0 aliphatic rings. The lowest BCUT2D eigenvalue weighted by Gasteiger charge is -2.21. The molecule has 1 rings (SSSR count). The first-order chi connectivity index (χ1) is 8.32. The maximum atomic E-state index is 11.7. The van der Waals surface area contributed by atoms with Crippen LogP contribution in [-0.4, -0.2) is 30.8 Å². The van der Waals surface area contributed by atoms with Crippen LogP contribution >= 0.6 is 0 Å². The molecular weight excluding hydrogens is 234 g/mol. The molecule has 0 unspecified atom stereocenters. The van der Waals surface area contributed by atoms with E-state index >= 15 is 0 Å². The highest BCUT2D eigenvalue weighted by Gasteiger charge is 2.17. The van der Waals surface area contributed by atoms with Gasteiger partial charge < -0.3 is 9.84 Å². The normalized spacial score (nSPS) is 10.0. The number of anilines is 1. The summed E-state index contributed by atoms with van der Waals surface area (Å²) in [5.74, 6) is -1.17. The zero-order valence-electron chi connectivity index (χ0n) is 11.0. The lowest BCUT2D eigenvalue weighted by Crippen LogP contribution is -2.30. The van der Waals surface area contributed by atoms with Gasteiger partial charge in [-0.05, 0) is 31.9 Å². The van der Waals surface area contributed by atoms with Crippen molar-refractivity contribution >= 4 is 17.7 Å². The summed E-state index contributed by atoms with van der Waals surface area (Å²) in [5, 5.41) is 8.46. The van der Waals surface area contributed by atoms with Crippen molar-refractivity contribution in [3.8, 4) is 0 Å². The Morgan fingerprint density at radius 1 is 1.22 bits per heavy atom. The number of ether oxygens (including phenoxy) is 1. The van der Waals surface area contributed by atoms with Crippen LogP contribution in [0.25, 0.3) is 0 Å². The fourth-order valence-corrected chi connectivity index (χ4v) is 2.01. The van der Waals surface area contributed by atoms with Crippen molar-refractivity contribution in [1.82, 2.24) is 0 Å². The zero-order chi connectivity index (χ0) is 13.9. The van der Waals surface area contributed by atoms with E-state index in [1.807, 2.05) is 32.9 Å². The minimum absolute atomic E-state index is 0.632. The second kappa shape index (κ2) is 5.53. The Balaban J connectivity index is 2.93. The third-order valence-electron chi connectivity index (χ3n) is 2.56. The predicted octanol–water partition coefficient (Wildman–Crippen LogP) is 2.27. The number of carboxylic acids is 1. The fraction of sp³-hybridized carbons (Fsp3) is 0.385. The highest BCUT2D eigenvalue weighted by atomic mass is 16.6. The molecule has 5 heteroatoms. The summed E-state index contributed by atoms with van der Waals surface area (Å²) < 4.78 is 4.65. The van der Waals surface area contributed by atoms with Gasteiger partial charge in [-0.1, -0.05) is 17.7 Å². The molecular formula is C13H17NO4. The van der Waals surface area contributed by atoms with Gasteiger partial charge in [-0.25, -0.2) is 9.59 Å². The van der Waals surface area contributed by atoms with Gasteiger partial charge in [0, 0.05) is 7.05 Å². The number of rotatable bonds is 3. The summed E-state index contributed by atoms with van der Waals surface area (Å²) in [5.41, 5.74) is 3.75. The Morgan fingerprint density at radius 3 is 2.17 bits per heavy atom. The number of hydrogen-bond donors (Lipinski definition) is 1. The molecule has 1 amide bonds. The first-order valence-corrected chi connectivity index (χ1v) is 5.53. The summed E-state index contributed by atoms with van der Waals surface area (Å²) in [7, 11) is 1.56.